The normalized spacial score (nSPS) is 12.8. The van der Waals surface area contributed by atoms with E-state index >= 15 is 0 Å². The molecule has 0 aliphatic heterocycles. The Morgan fingerprint density at radius 2 is 1.86 bits per heavy atom. The highest BCUT2D eigenvalue weighted by Crippen LogP contribution is 2.27. The van der Waals surface area contributed by atoms with Gasteiger partial charge in [-0.05, 0) is 35.2 Å². The maximum atomic E-state index is 11.1. The van der Waals surface area contributed by atoms with Gasteiger partial charge in [0, 0.05) is 5.41 Å². The number of hydrogen-bond acceptors (Lipinski definition) is 1. The first-order valence-electron chi connectivity index (χ1n) is 7.41. The summed E-state index contributed by atoms with van der Waals surface area (Å²) in [5.41, 5.74) is 1.99. The first kappa shape index (κ1) is 16.0. The summed E-state index contributed by atoms with van der Waals surface area (Å²) in [5, 5.41) is 11.3. The second kappa shape index (κ2) is 6.19. The minimum atomic E-state index is -0.808. The molecule has 1 atom stereocenters. The Kier molecular flexibility index (Phi) is 4.51. The molecule has 0 aliphatic carbocycles. The minimum absolute atomic E-state index is 0.0345. The van der Waals surface area contributed by atoms with Crippen LogP contribution in [0.4, 0.5) is 0 Å². The Balaban J connectivity index is 2.31. The predicted molar refractivity (Wildman–Crippen MR) is 89.0 cm³/mol. The molecule has 0 aromatic heterocycles. The summed E-state index contributed by atoms with van der Waals surface area (Å²) in [4.78, 5) is 14.6. The summed E-state index contributed by atoms with van der Waals surface area (Å²) in [7, 11) is 0. The van der Waals surface area contributed by atoms with Crippen LogP contribution >= 0.6 is 0 Å². The van der Waals surface area contributed by atoms with E-state index in [4.69, 9.17) is 11.7 Å². The number of carboxylic acid groups (broad SMARTS) is 1. The highest BCUT2D eigenvalue weighted by atomic mass is 16.4. The highest BCUT2D eigenvalue weighted by Gasteiger charge is 2.22. The van der Waals surface area contributed by atoms with Crippen molar-refractivity contribution < 1.29 is 9.90 Å². The molecule has 0 saturated heterocycles. The van der Waals surface area contributed by atoms with E-state index in [-0.39, 0.29) is 5.41 Å². The number of hydrogen-bond donors (Lipinski definition) is 1. The van der Waals surface area contributed by atoms with Gasteiger partial charge in [0.2, 0.25) is 6.54 Å². The van der Waals surface area contributed by atoms with Crippen molar-refractivity contribution in [1.82, 2.24) is 0 Å². The molecule has 2 rings (SSSR count). The fourth-order valence-corrected chi connectivity index (χ4v) is 2.66. The maximum Gasteiger partial charge on any atom is 0.310 e. The Bertz CT molecular complexity index is 741. The van der Waals surface area contributed by atoms with Crippen molar-refractivity contribution in [2.24, 2.45) is 5.41 Å². The topological polar surface area (TPSA) is 41.7 Å². The molecule has 3 nitrogen and oxygen atoms in total. The van der Waals surface area contributed by atoms with Gasteiger partial charge in [0.1, 0.15) is 0 Å². The Labute approximate surface area is 131 Å². The van der Waals surface area contributed by atoms with Crippen molar-refractivity contribution in [3.05, 3.63) is 58.9 Å². The number of nitrogens with zero attached hydrogens (tertiary/aromatic N) is 1. The first-order valence-corrected chi connectivity index (χ1v) is 7.41. The fraction of sp³-hybridized carbons (Fsp3) is 0.368. The van der Waals surface area contributed by atoms with Gasteiger partial charge >= 0.3 is 5.97 Å². The first-order chi connectivity index (χ1) is 10.3. The molecule has 22 heavy (non-hydrogen) atoms. The average molecular weight is 295 g/mol. The lowest BCUT2D eigenvalue weighted by molar-refractivity contribution is -0.138. The molecule has 0 fully saturated rings. The molecule has 3 heteroatoms. The molecule has 0 unspecified atom stereocenters. The van der Waals surface area contributed by atoms with E-state index in [2.05, 4.69) is 30.8 Å². The summed E-state index contributed by atoms with van der Waals surface area (Å²) in [6.07, 6.45) is 0.860. The zero-order valence-corrected chi connectivity index (χ0v) is 13.3. The predicted octanol–water partition coefficient (Wildman–Crippen LogP) is 4.52. The molecule has 2 aromatic rings. The van der Waals surface area contributed by atoms with Crippen LogP contribution in [0.5, 0.6) is 0 Å². The van der Waals surface area contributed by atoms with E-state index in [1.165, 1.54) is 5.56 Å². The molecule has 1 N–H and O–H groups in total. The van der Waals surface area contributed by atoms with Crippen LogP contribution in [0.3, 0.4) is 0 Å². The van der Waals surface area contributed by atoms with Crippen molar-refractivity contribution in [2.75, 3.05) is 6.54 Å². The molecule has 0 bridgehead atoms. The van der Waals surface area contributed by atoms with Crippen molar-refractivity contribution in [2.45, 2.75) is 33.1 Å². The van der Waals surface area contributed by atoms with Gasteiger partial charge in [0.15, 0.2) is 0 Å². The van der Waals surface area contributed by atoms with Crippen LogP contribution in [0.2, 0.25) is 0 Å². The third-order valence-corrected chi connectivity index (χ3v) is 3.99. The van der Waals surface area contributed by atoms with Crippen molar-refractivity contribution in [1.29, 1.82) is 0 Å². The number of aliphatic carboxylic acids is 1. The number of fused-ring (bicyclic) bond motifs is 1. The summed E-state index contributed by atoms with van der Waals surface area (Å²) < 4.78 is 0. The van der Waals surface area contributed by atoms with Gasteiger partial charge in [-0.2, -0.15) is 0 Å². The molecule has 0 amide bonds. The summed E-state index contributed by atoms with van der Waals surface area (Å²) in [6.45, 7) is 13.5. The van der Waals surface area contributed by atoms with Crippen LogP contribution in [0.25, 0.3) is 15.6 Å². The van der Waals surface area contributed by atoms with Crippen LogP contribution < -0.4 is 0 Å². The second-order valence-corrected chi connectivity index (χ2v) is 6.66. The standard InChI is InChI=1S/C19H21NO2/c1-13(18(21)22)15-7-8-16-9-14(5-6-17(16)10-15)11-19(2,3)12-20-4/h5-10,13H,11-12H2,1-3H3,(H,21,22)/t13-/m0/s1. The molecule has 2 aromatic carbocycles. The van der Waals surface area contributed by atoms with Gasteiger partial charge in [-0.15, -0.1) is 0 Å². The van der Waals surface area contributed by atoms with E-state index < -0.39 is 11.9 Å². The van der Waals surface area contributed by atoms with E-state index in [0.717, 1.165) is 22.8 Å². The van der Waals surface area contributed by atoms with Gasteiger partial charge in [-0.25, -0.2) is 6.57 Å². The van der Waals surface area contributed by atoms with Crippen molar-refractivity contribution in [3.63, 3.8) is 0 Å². The summed E-state index contributed by atoms with van der Waals surface area (Å²) in [5.74, 6) is -1.31. The lowest BCUT2D eigenvalue weighted by Crippen LogP contribution is -2.17. The third kappa shape index (κ3) is 3.65. The zero-order chi connectivity index (χ0) is 16.3. The fourth-order valence-electron chi connectivity index (χ4n) is 2.66. The molecule has 0 heterocycles. The number of carbonyl (C=O) groups is 1. The largest absolute Gasteiger partial charge is 0.481 e. The molecule has 0 spiro atoms. The number of carboxylic acids is 1. The summed E-state index contributed by atoms with van der Waals surface area (Å²) in [6, 6.07) is 12.1. The zero-order valence-electron chi connectivity index (χ0n) is 13.3. The Hall–Kier alpha value is -2.34. The number of rotatable bonds is 5. The van der Waals surface area contributed by atoms with Crippen LogP contribution in [0, 0.1) is 12.0 Å². The Morgan fingerprint density at radius 1 is 1.23 bits per heavy atom. The van der Waals surface area contributed by atoms with Gasteiger partial charge in [0.25, 0.3) is 0 Å². The van der Waals surface area contributed by atoms with Crippen molar-refractivity contribution >= 4 is 16.7 Å². The molecular formula is C19H21NO2. The highest BCUT2D eigenvalue weighted by molar-refractivity contribution is 5.86. The number of benzene rings is 2. The van der Waals surface area contributed by atoms with Crippen LogP contribution in [-0.4, -0.2) is 17.6 Å². The van der Waals surface area contributed by atoms with Gasteiger partial charge < -0.3 is 9.95 Å². The Morgan fingerprint density at radius 3 is 2.50 bits per heavy atom. The third-order valence-electron chi connectivity index (χ3n) is 3.99. The van der Waals surface area contributed by atoms with E-state index in [1.54, 1.807) is 6.92 Å². The van der Waals surface area contributed by atoms with E-state index in [0.29, 0.717) is 6.54 Å². The SMILES string of the molecule is [C-]#[N+]CC(C)(C)Cc1ccc2cc([C@H](C)C(=O)O)ccc2c1. The average Bonchev–Trinajstić information content (AvgIpc) is 2.45. The monoisotopic (exact) mass is 295 g/mol. The van der Waals surface area contributed by atoms with E-state index in [1.807, 2.05) is 24.3 Å². The van der Waals surface area contributed by atoms with Gasteiger partial charge in [-0.3, -0.25) is 4.79 Å². The van der Waals surface area contributed by atoms with E-state index in [9.17, 15) is 4.79 Å². The van der Waals surface area contributed by atoms with Crippen LogP contribution in [0.15, 0.2) is 36.4 Å². The summed E-state index contributed by atoms with van der Waals surface area (Å²) >= 11 is 0. The minimum Gasteiger partial charge on any atom is -0.481 e. The smallest absolute Gasteiger partial charge is 0.310 e. The molecular weight excluding hydrogens is 274 g/mol. The van der Waals surface area contributed by atoms with Gasteiger partial charge in [0.05, 0.1) is 5.92 Å². The van der Waals surface area contributed by atoms with Crippen molar-refractivity contribution in [3.8, 4) is 0 Å². The van der Waals surface area contributed by atoms with Crippen LogP contribution in [-0.2, 0) is 11.2 Å². The molecule has 0 saturated carbocycles. The molecule has 114 valence electrons. The quantitative estimate of drug-likeness (QED) is 0.824. The van der Waals surface area contributed by atoms with Crippen LogP contribution in [0.1, 0.15) is 37.8 Å². The molecule has 0 aliphatic rings. The molecule has 0 radical (unpaired) electrons. The second-order valence-electron chi connectivity index (χ2n) is 6.66. The van der Waals surface area contributed by atoms with Gasteiger partial charge in [-0.1, -0.05) is 50.2 Å². The lowest BCUT2D eigenvalue weighted by atomic mass is 9.85. The lowest BCUT2D eigenvalue weighted by Gasteiger charge is -2.18. The maximum absolute atomic E-state index is 11.1.